The normalized spacial score (nSPS) is 11.0. The molecule has 10 heteroatoms. The quantitative estimate of drug-likeness (QED) is 0.413. The van der Waals surface area contributed by atoms with Crippen molar-refractivity contribution in [2.24, 2.45) is 0 Å². The van der Waals surface area contributed by atoms with Gasteiger partial charge in [-0.2, -0.15) is 0 Å². The van der Waals surface area contributed by atoms with Gasteiger partial charge in [-0.1, -0.05) is 11.6 Å². The standard InChI is InChI=1S/C19H16ClN5O3S/c20-11-1-3-12(4-2-11)28-9-15-24-16-13(18(27)25-15)5-6-21-17(16)14-10-29-19(23-14)22-7-8-26/h1-6,10,26H,7-9H2,(H,22,23)(H,24,25,27). The number of hydrogen-bond donors (Lipinski definition) is 3. The first-order valence-electron chi connectivity index (χ1n) is 8.71. The van der Waals surface area contributed by atoms with Crippen LogP contribution in [0, 0.1) is 0 Å². The molecule has 0 unspecified atom stereocenters. The number of nitrogens with one attached hydrogen (secondary N) is 2. The summed E-state index contributed by atoms with van der Waals surface area (Å²) in [6, 6.07) is 8.54. The molecule has 0 saturated heterocycles. The Labute approximate surface area is 174 Å². The Hall–Kier alpha value is -3.01. The van der Waals surface area contributed by atoms with Gasteiger partial charge in [0.25, 0.3) is 5.56 Å². The molecular formula is C19H16ClN5O3S. The Kier molecular flexibility index (Phi) is 5.70. The van der Waals surface area contributed by atoms with Crippen LogP contribution in [-0.4, -0.2) is 38.2 Å². The lowest BCUT2D eigenvalue weighted by Crippen LogP contribution is -2.14. The molecule has 8 nitrogen and oxygen atoms in total. The summed E-state index contributed by atoms with van der Waals surface area (Å²) in [5.41, 5.74) is 1.28. The number of aliphatic hydroxyl groups is 1. The lowest BCUT2D eigenvalue weighted by atomic mass is 10.2. The molecular weight excluding hydrogens is 414 g/mol. The van der Waals surface area contributed by atoms with Gasteiger partial charge in [0.05, 0.1) is 12.0 Å². The number of pyridine rings is 1. The maximum Gasteiger partial charge on any atom is 0.258 e. The summed E-state index contributed by atoms with van der Waals surface area (Å²) in [7, 11) is 0. The second-order valence-corrected chi connectivity index (χ2v) is 7.29. The average Bonchev–Trinajstić information content (AvgIpc) is 3.20. The minimum atomic E-state index is -0.276. The van der Waals surface area contributed by atoms with Crippen LogP contribution in [0.2, 0.25) is 5.02 Å². The van der Waals surface area contributed by atoms with Crippen LogP contribution in [0.15, 0.2) is 46.7 Å². The number of rotatable bonds is 7. The lowest BCUT2D eigenvalue weighted by Gasteiger charge is -2.08. The molecule has 0 radical (unpaired) electrons. The van der Waals surface area contributed by atoms with Crippen molar-refractivity contribution in [2.75, 3.05) is 18.5 Å². The first kappa shape index (κ1) is 19.3. The molecule has 4 aromatic rings. The SMILES string of the molecule is O=c1[nH]c(COc2ccc(Cl)cc2)nc2c(-c3csc(NCCO)n3)nccc12. The number of ether oxygens (including phenoxy) is 1. The molecule has 0 aliphatic heterocycles. The third kappa shape index (κ3) is 4.37. The van der Waals surface area contributed by atoms with E-state index in [-0.39, 0.29) is 18.8 Å². The predicted molar refractivity (Wildman–Crippen MR) is 113 cm³/mol. The molecule has 0 amide bonds. The largest absolute Gasteiger partial charge is 0.486 e. The highest BCUT2D eigenvalue weighted by Gasteiger charge is 2.14. The Morgan fingerprint density at radius 3 is 2.83 bits per heavy atom. The van der Waals surface area contributed by atoms with Crippen LogP contribution in [0.4, 0.5) is 5.13 Å². The number of thiazole rings is 1. The third-order valence-electron chi connectivity index (χ3n) is 4.00. The smallest absolute Gasteiger partial charge is 0.258 e. The molecule has 0 bridgehead atoms. The molecule has 1 aromatic carbocycles. The van der Waals surface area contributed by atoms with E-state index in [0.29, 0.717) is 50.6 Å². The highest BCUT2D eigenvalue weighted by atomic mass is 35.5. The molecule has 0 atom stereocenters. The summed E-state index contributed by atoms with van der Waals surface area (Å²) in [4.78, 5) is 28.7. The molecule has 0 saturated carbocycles. The molecule has 0 aliphatic rings. The number of fused-ring (bicyclic) bond motifs is 1. The van der Waals surface area contributed by atoms with Crippen LogP contribution >= 0.6 is 22.9 Å². The summed E-state index contributed by atoms with van der Waals surface area (Å²) in [6.45, 7) is 0.497. The summed E-state index contributed by atoms with van der Waals surface area (Å²) in [5.74, 6) is 0.989. The molecule has 29 heavy (non-hydrogen) atoms. The van der Waals surface area contributed by atoms with E-state index in [1.807, 2.05) is 5.38 Å². The minimum absolute atomic E-state index is 0.00927. The molecule has 3 N–H and O–H groups in total. The summed E-state index contributed by atoms with van der Waals surface area (Å²) >= 11 is 7.26. The molecule has 148 valence electrons. The van der Waals surface area contributed by atoms with Crippen LogP contribution in [0.1, 0.15) is 5.82 Å². The van der Waals surface area contributed by atoms with Gasteiger partial charge >= 0.3 is 0 Å². The maximum absolute atomic E-state index is 12.5. The predicted octanol–water partition coefficient (Wildman–Crippen LogP) is 3.08. The molecule has 0 fully saturated rings. The fraction of sp³-hybridized carbons (Fsp3) is 0.158. The Bertz CT molecular complexity index is 1190. The highest BCUT2D eigenvalue weighted by Crippen LogP contribution is 2.27. The van der Waals surface area contributed by atoms with E-state index in [0.717, 1.165) is 0 Å². The van der Waals surface area contributed by atoms with Crippen molar-refractivity contribution < 1.29 is 9.84 Å². The Morgan fingerprint density at radius 2 is 2.03 bits per heavy atom. The van der Waals surface area contributed by atoms with Gasteiger partial charge in [0, 0.05) is 23.1 Å². The van der Waals surface area contributed by atoms with Crippen LogP contribution in [0.5, 0.6) is 5.75 Å². The van der Waals surface area contributed by atoms with E-state index in [4.69, 9.17) is 21.4 Å². The summed E-state index contributed by atoms with van der Waals surface area (Å²) < 4.78 is 5.69. The molecule has 3 aromatic heterocycles. The zero-order valence-corrected chi connectivity index (χ0v) is 16.6. The van der Waals surface area contributed by atoms with Gasteiger partial charge in [-0.05, 0) is 30.3 Å². The lowest BCUT2D eigenvalue weighted by molar-refractivity contribution is 0.296. The van der Waals surface area contributed by atoms with Gasteiger partial charge in [-0.3, -0.25) is 9.78 Å². The van der Waals surface area contributed by atoms with Crippen molar-refractivity contribution in [3.8, 4) is 17.1 Å². The van der Waals surface area contributed by atoms with E-state index in [1.165, 1.54) is 11.3 Å². The summed E-state index contributed by atoms with van der Waals surface area (Å²) in [6.07, 6.45) is 1.55. The number of benzene rings is 1. The van der Waals surface area contributed by atoms with Crippen molar-refractivity contribution in [3.05, 3.63) is 63.1 Å². The second kappa shape index (κ2) is 8.56. The number of aromatic nitrogens is 4. The highest BCUT2D eigenvalue weighted by molar-refractivity contribution is 7.14. The van der Waals surface area contributed by atoms with E-state index in [9.17, 15) is 4.79 Å². The van der Waals surface area contributed by atoms with Crippen molar-refractivity contribution >= 4 is 39.0 Å². The fourth-order valence-corrected chi connectivity index (χ4v) is 3.53. The number of H-pyrrole nitrogens is 1. The number of aromatic amines is 1. The van der Waals surface area contributed by atoms with Crippen LogP contribution in [0.3, 0.4) is 0 Å². The number of hydrogen-bond acceptors (Lipinski definition) is 8. The van der Waals surface area contributed by atoms with Crippen molar-refractivity contribution in [2.45, 2.75) is 6.61 Å². The van der Waals surface area contributed by atoms with Gasteiger partial charge in [-0.25, -0.2) is 9.97 Å². The first-order valence-corrected chi connectivity index (χ1v) is 9.96. The van der Waals surface area contributed by atoms with Gasteiger partial charge in [0.1, 0.15) is 35.1 Å². The van der Waals surface area contributed by atoms with E-state index < -0.39 is 0 Å². The van der Waals surface area contributed by atoms with E-state index in [2.05, 4.69) is 25.3 Å². The molecule has 4 rings (SSSR count). The first-order chi connectivity index (χ1) is 14.1. The van der Waals surface area contributed by atoms with Crippen molar-refractivity contribution in [3.63, 3.8) is 0 Å². The van der Waals surface area contributed by atoms with Crippen molar-refractivity contribution in [1.82, 2.24) is 19.9 Å². The third-order valence-corrected chi connectivity index (χ3v) is 5.05. The average molecular weight is 430 g/mol. The van der Waals surface area contributed by atoms with Crippen molar-refractivity contribution in [1.29, 1.82) is 0 Å². The van der Waals surface area contributed by atoms with E-state index >= 15 is 0 Å². The number of anilines is 1. The van der Waals surface area contributed by atoms with Gasteiger partial charge in [-0.15, -0.1) is 11.3 Å². The molecule has 0 spiro atoms. The van der Waals surface area contributed by atoms with Gasteiger partial charge in [0.2, 0.25) is 0 Å². The summed E-state index contributed by atoms with van der Waals surface area (Å²) in [5, 5.41) is 15.5. The topological polar surface area (TPSA) is 113 Å². The maximum atomic E-state index is 12.5. The van der Waals surface area contributed by atoms with Crippen LogP contribution in [-0.2, 0) is 6.61 Å². The zero-order chi connectivity index (χ0) is 20.2. The van der Waals surface area contributed by atoms with Gasteiger partial charge < -0.3 is 20.1 Å². The van der Waals surface area contributed by atoms with Gasteiger partial charge in [0.15, 0.2) is 5.13 Å². The van der Waals surface area contributed by atoms with E-state index in [1.54, 1.807) is 36.5 Å². The van der Waals surface area contributed by atoms with Crippen LogP contribution < -0.4 is 15.6 Å². The molecule has 0 aliphatic carbocycles. The minimum Gasteiger partial charge on any atom is -0.486 e. The zero-order valence-electron chi connectivity index (χ0n) is 15.1. The monoisotopic (exact) mass is 429 g/mol. The molecule has 3 heterocycles. The van der Waals surface area contributed by atoms with Crippen LogP contribution in [0.25, 0.3) is 22.3 Å². The number of aliphatic hydroxyl groups excluding tert-OH is 1. The number of halogens is 1. The Balaban J connectivity index is 1.66. The number of nitrogens with zero attached hydrogens (tertiary/aromatic N) is 3. The Morgan fingerprint density at radius 1 is 1.21 bits per heavy atom. The fourth-order valence-electron chi connectivity index (χ4n) is 2.68. The second-order valence-electron chi connectivity index (χ2n) is 6.00.